The number of aromatic hydroxyl groups is 1. The van der Waals surface area contributed by atoms with Gasteiger partial charge < -0.3 is 30.2 Å². The normalized spacial score (nSPS) is 13.1. The largest absolute Gasteiger partial charge is 0.573 e. The Balaban J connectivity index is 1.36. The second-order valence-electron chi connectivity index (χ2n) is 7.47. The Morgan fingerprint density at radius 3 is 2.91 bits per heavy atom. The van der Waals surface area contributed by atoms with Gasteiger partial charge in [0.2, 0.25) is 11.6 Å². The number of fused-ring (bicyclic) bond motifs is 2. The maximum Gasteiger partial charge on any atom is 0.573 e. The molecule has 0 amide bonds. The molecule has 0 saturated heterocycles. The SMILES string of the molecule is Oc1ncccc1-c1nc2c(c(NCCc3c[nH]c4cc(OC(F)(F)F)ccc34)n1)OCCN2. The monoisotopic (exact) mass is 472 g/mol. The van der Waals surface area contributed by atoms with Gasteiger partial charge in [0, 0.05) is 35.9 Å². The Bertz CT molecular complexity index is 1340. The molecule has 0 bridgehead atoms. The van der Waals surface area contributed by atoms with E-state index in [0.29, 0.717) is 54.6 Å². The van der Waals surface area contributed by atoms with E-state index >= 15 is 0 Å². The summed E-state index contributed by atoms with van der Waals surface area (Å²) in [4.78, 5) is 15.8. The van der Waals surface area contributed by atoms with Crippen molar-refractivity contribution in [3.05, 3.63) is 48.3 Å². The lowest BCUT2D eigenvalue weighted by molar-refractivity contribution is -0.274. The van der Waals surface area contributed by atoms with Gasteiger partial charge in [0.05, 0.1) is 12.1 Å². The number of anilines is 2. The maximum absolute atomic E-state index is 12.5. The molecule has 4 aromatic rings. The molecule has 34 heavy (non-hydrogen) atoms. The van der Waals surface area contributed by atoms with Crippen molar-refractivity contribution in [2.45, 2.75) is 12.8 Å². The van der Waals surface area contributed by atoms with Crippen LogP contribution in [0.3, 0.4) is 0 Å². The van der Waals surface area contributed by atoms with Crippen molar-refractivity contribution < 1.29 is 27.8 Å². The predicted octanol–water partition coefficient (Wildman–Crippen LogP) is 4.08. The van der Waals surface area contributed by atoms with Gasteiger partial charge in [-0.3, -0.25) is 0 Å². The number of H-pyrrole nitrogens is 1. The van der Waals surface area contributed by atoms with Crippen molar-refractivity contribution in [1.82, 2.24) is 19.9 Å². The lowest BCUT2D eigenvalue weighted by Crippen LogP contribution is -2.21. The van der Waals surface area contributed by atoms with E-state index < -0.39 is 6.36 Å². The number of alkyl halides is 3. The Labute approximate surface area is 191 Å². The topological polar surface area (TPSA) is 117 Å². The molecule has 0 spiro atoms. The zero-order valence-electron chi connectivity index (χ0n) is 17.6. The summed E-state index contributed by atoms with van der Waals surface area (Å²) in [7, 11) is 0. The Kier molecular flexibility index (Phi) is 5.48. The summed E-state index contributed by atoms with van der Waals surface area (Å²) < 4.78 is 47.1. The number of aromatic nitrogens is 4. The molecule has 1 aliphatic rings. The van der Waals surface area contributed by atoms with Gasteiger partial charge in [-0.2, -0.15) is 0 Å². The smallest absolute Gasteiger partial charge is 0.493 e. The van der Waals surface area contributed by atoms with Gasteiger partial charge in [-0.05, 0) is 36.2 Å². The summed E-state index contributed by atoms with van der Waals surface area (Å²) in [5.41, 5.74) is 1.83. The molecule has 0 aliphatic carbocycles. The summed E-state index contributed by atoms with van der Waals surface area (Å²) in [5.74, 6) is 1.26. The number of nitrogens with zero attached hydrogens (tertiary/aromatic N) is 3. The third-order valence-electron chi connectivity index (χ3n) is 5.19. The number of ether oxygens (including phenoxy) is 2. The molecule has 176 valence electrons. The van der Waals surface area contributed by atoms with E-state index in [0.717, 1.165) is 10.9 Å². The second kappa shape index (κ2) is 8.61. The quantitative estimate of drug-likeness (QED) is 0.332. The minimum Gasteiger partial charge on any atom is -0.493 e. The van der Waals surface area contributed by atoms with Crippen molar-refractivity contribution in [1.29, 1.82) is 0 Å². The van der Waals surface area contributed by atoms with E-state index in [9.17, 15) is 18.3 Å². The van der Waals surface area contributed by atoms with E-state index in [1.165, 1.54) is 18.3 Å². The molecule has 0 atom stereocenters. The highest BCUT2D eigenvalue weighted by Crippen LogP contribution is 2.36. The van der Waals surface area contributed by atoms with Crippen molar-refractivity contribution >= 4 is 22.5 Å². The van der Waals surface area contributed by atoms with Crippen LogP contribution < -0.4 is 20.1 Å². The van der Waals surface area contributed by atoms with Crippen molar-refractivity contribution in [2.75, 3.05) is 30.3 Å². The molecular weight excluding hydrogens is 453 g/mol. The summed E-state index contributed by atoms with van der Waals surface area (Å²) in [5, 5.41) is 17.3. The standard InChI is InChI=1S/C22H19F3N6O3/c23-22(24,25)34-13-3-4-14-12(11-29-16(14)10-13)5-7-26-19-17-20(27-8-9-33-17)31-18(30-19)15-2-1-6-28-21(15)32/h1-4,6,10-11,29H,5,7-9H2,(H,28,32)(H2,26,27,30,31). The van der Waals surface area contributed by atoms with Crippen molar-refractivity contribution in [3.63, 3.8) is 0 Å². The zero-order valence-corrected chi connectivity index (χ0v) is 17.6. The molecule has 12 heteroatoms. The maximum atomic E-state index is 12.5. The highest BCUT2D eigenvalue weighted by Gasteiger charge is 2.31. The molecule has 0 radical (unpaired) electrons. The van der Waals surface area contributed by atoms with E-state index in [1.54, 1.807) is 24.4 Å². The Morgan fingerprint density at radius 2 is 2.09 bits per heavy atom. The molecule has 9 nitrogen and oxygen atoms in total. The van der Waals surface area contributed by atoms with E-state index in [1.807, 2.05) is 0 Å². The van der Waals surface area contributed by atoms with Crippen LogP contribution in [-0.4, -0.2) is 51.1 Å². The molecular formula is C22H19F3N6O3. The highest BCUT2D eigenvalue weighted by atomic mass is 19.4. The predicted molar refractivity (Wildman–Crippen MR) is 118 cm³/mol. The number of hydrogen-bond acceptors (Lipinski definition) is 8. The highest BCUT2D eigenvalue weighted by molar-refractivity contribution is 5.84. The second-order valence-corrected chi connectivity index (χ2v) is 7.47. The molecule has 0 unspecified atom stereocenters. The first-order valence-corrected chi connectivity index (χ1v) is 10.4. The lowest BCUT2D eigenvalue weighted by atomic mass is 10.1. The average Bonchev–Trinajstić information content (AvgIpc) is 3.20. The van der Waals surface area contributed by atoms with E-state index in [2.05, 4.69) is 35.3 Å². The van der Waals surface area contributed by atoms with Crippen LogP contribution in [0.25, 0.3) is 22.3 Å². The van der Waals surface area contributed by atoms with Crippen LogP contribution in [0.4, 0.5) is 24.8 Å². The Hall–Kier alpha value is -4.22. The van der Waals surface area contributed by atoms with Gasteiger partial charge >= 0.3 is 6.36 Å². The van der Waals surface area contributed by atoms with Crippen molar-refractivity contribution in [3.8, 4) is 28.8 Å². The van der Waals surface area contributed by atoms with Crippen LogP contribution in [0.15, 0.2) is 42.7 Å². The van der Waals surface area contributed by atoms with Gasteiger partial charge in [0.15, 0.2) is 17.5 Å². The fourth-order valence-corrected chi connectivity index (χ4v) is 3.73. The summed E-state index contributed by atoms with van der Waals surface area (Å²) >= 11 is 0. The van der Waals surface area contributed by atoms with Gasteiger partial charge in [-0.15, -0.1) is 13.2 Å². The lowest BCUT2D eigenvalue weighted by Gasteiger charge is -2.21. The molecule has 3 aromatic heterocycles. The van der Waals surface area contributed by atoms with E-state index in [-0.39, 0.29) is 17.5 Å². The number of pyridine rings is 1. The number of halogens is 3. The van der Waals surface area contributed by atoms with Crippen LogP contribution in [0.2, 0.25) is 0 Å². The minimum atomic E-state index is -4.74. The minimum absolute atomic E-state index is 0.183. The van der Waals surface area contributed by atoms with Gasteiger partial charge in [-0.25, -0.2) is 15.0 Å². The fourth-order valence-electron chi connectivity index (χ4n) is 3.73. The first kappa shape index (κ1) is 21.6. The summed E-state index contributed by atoms with van der Waals surface area (Å²) in [6, 6.07) is 7.53. The number of benzene rings is 1. The number of nitrogens with one attached hydrogen (secondary N) is 3. The van der Waals surface area contributed by atoms with Crippen LogP contribution in [0.5, 0.6) is 17.4 Å². The molecule has 4 heterocycles. The van der Waals surface area contributed by atoms with Crippen LogP contribution in [-0.2, 0) is 6.42 Å². The number of aromatic amines is 1. The molecule has 1 aliphatic heterocycles. The number of hydrogen-bond donors (Lipinski definition) is 4. The number of rotatable bonds is 6. The Morgan fingerprint density at radius 1 is 1.21 bits per heavy atom. The molecule has 5 rings (SSSR count). The molecule has 1 aromatic carbocycles. The van der Waals surface area contributed by atoms with Crippen LogP contribution >= 0.6 is 0 Å². The third kappa shape index (κ3) is 4.47. The molecule has 0 fully saturated rings. The van der Waals surface area contributed by atoms with E-state index in [4.69, 9.17) is 4.74 Å². The fraction of sp³-hybridized carbons (Fsp3) is 0.227. The first-order valence-electron chi connectivity index (χ1n) is 10.4. The molecule has 0 saturated carbocycles. The van der Waals surface area contributed by atoms with Gasteiger partial charge in [0.25, 0.3) is 0 Å². The molecule has 4 N–H and O–H groups in total. The first-order chi connectivity index (χ1) is 16.4. The summed E-state index contributed by atoms with van der Waals surface area (Å²) in [6.07, 6.45) is -0.973. The third-order valence-corrected chi connectivity index (χ3v) is 5.19. The van der Waals surface area contributed by atoms with Crippen molar-refractivity contribution in [2.24, 2.45) is 0 Å². The average molecular weight is 472 g/mol. The van der Waals surface area contributed by atoms with Crippen LogP contribution in [0, 0.1) is 0 Å². The van der Waals surface area contributed by atoms with Crippen LogP contribution in [0.1, 0.15) is 5.56 Å². The summed E-state index contributed by atoms with van der Waals surface area (Å²) in [6.45, 7) is 1.49. The zero-order chi connectivity index (χ0) is 23.7. The van der Waals surface area contributed by atoms with Gasteiger partial charge in [0.1, 0.15) is 12.4 Å². The van der Waals surface area contributed by atoms with Gasteiger partial charge in [-0.1, -0.05) is 0 Å².